The molecule has 3 heterocycles. The average Bonchev–Trinajstić information content (AvgIpc) is 2.87. The summed E-state index contributed by atoms with van der Waals surface area (Å²) >= 11 is 0. The lowest BCUT2D eigenvalue weighted by Crippen LogP contribution is -2.48. The van der Waals surface area contributed by atoms with Crippen molar-refractivity contribution in [1.29, 1.82) is 0 Å². The van der Waals surface area contributed by atoms with Crippen molar-refractivity contribution >= 4 is 6.09 Å². The van der Waals surface area contributed by atoms with Crippen molar-refractivity contribution < 1.29 is 23.0 Å². The molecule has 4 rings (SSSR count). The van der Waals surface area contributed by atoms with Crippen LogP contribution in [0.1, 0.15) is 63.5 Å². The Morgan fingerprint density at radius 2 is 1.86 bits per heavy atom. The number of hydrogen-bond acceptors (Lipinski definition) is 4. The minimum Gasteiger partial charge on any atom is -0.492 e. The van der Waals surface area contributed by atoms with Crippen LogP contribution in [0, 0.1) is 11.6 Å². The van der Waals surface area contributed by atoms with Gasteiger partial charge in [-0.15, -0.1) is 0 Å². The zero-order valence-corrected chi connectivity index (χ0v) is 16.6. The van der Waals surface area contributed by atoms with Crippen LogP contribution in [0.5, 0.6) is 5.75 Å². The summed E-state index contributed by atoms with van der Waals surface area (Å²) in [6.07, 6.45) is 2.89. The molecular weight excluding hydrogens is 366 g/mol. The van der Waals surface area contributed by atoms with E-state index in [4.69, 9.17) is 15.2 Å². The predicted molar refractivity (Wildman–Crippen MR) is 100 cm³/mol. The molecule has 0 aliphatic carbocycles. The number of fused-ring (bicyclic) bond motifs is 3. The van der Waals surface area contributed by atoms with Gasteiger partial charge in [-0.25, -0.2) is 13.6 Å². The molecule has 0 saturated carbocycles. The summed E-state index contributed by atoms with van der Waals surface area (Å²) in [5, 5.41) is 0. The lowest BCUT2D eigenvalue weighted by Gasteiger charge is -2.40. The van der Waals surface area contributed by atoms with E-state index in [0.29, 0.717) is 30.8 Å². The monoisotopic (exact) mass is 394 g/mol. The van der Waals surface area contributed by atoms with Gasteiger partial charge in [0.25, 0.3) is 0 Å². The fourth-order valence-corrected chi connectivity index (χ4v) is 4.84. The second kappa shape index (κ2) is 6.87. The molecule has 3 atom stereocenters. The zero-order chi connectivity index (χ0) is 20.2. The number of nitrogens with zero attached hydrogens (tertiary/aromatic N) is 1. The lowest BCUT2D eigenvalue weighted by molar-refractivity contribution is 0.00571. The van der Waals surface area contributed by atoms with Gasteiger partial charge in [0.1, 0.15) is 18.0 Å². The van der Waals surface area contributed by atoms with Crippen LogP contribution >= 0.6 is 0 Å². The van der Waals surface area contributed by atoms with E-state index in [1.807, 2.05) is 25.7 Å². The van der Waals surface area contributed by atoms with Crippen molar-refractivity contribution in [2.45, 2.75) is 82.5 Å². The topological polar surface area (TPSA) is 64.8 Å². The van der Waals surface area contributed by atoms with Gasteiger partial charge in [-0.3, -0.25) is 0 Å². The van der Waals surface area contributed by atoms with Crippen LogP contribution in [-0.4, -0.2) is 41.3 Å². The highest BCUT2D eigenvalue weighted by Crippen LogP contribution is 2.46. The minimum absolute atomic E-state index is 0.00793. The molecule has 0 radical (unpaired) electrons. The first-order valence-corrected chi connectivity index (χ1v) is 10.0. The molecule has 3 aliphatic rings. The van der Waals surface area contributed by atoms with Crippen LogP contribution in [-0.2, 0) is 11.2 Å². The SMILES string of the molecule is CC(C)(C)OC(=O)N1C2CCC1CC(c1cc3c(c(F)c1F)C[C@@H](N)CO3)C2. The molecule has 1 aromatic rings. The summed E-state index contributed by atoms with van der Waals surface area (Å²) in [5.74, 6) is -1.39. The van der Waals surface area contributed by atoms with E-state index in [9.17, 15) is 13.6 Å². The first-order valence-electron chi connectivity index (χ1n) is 10.0. The molecule has 2 unspecified atom stereocenters. The second-order valence-electron chi connectivity index (χ2n) is 9.29. The Bertz CT molecular complexity index is 779. The number of rotatable bonds is 1. The Morgan fingerprint density at radius 1 is 1.21 bits per heavy atom. The van der Waals surface area contributed by atoms with E-state index in [1.165, 1.54) is 0 Å². The molecular formula is C21H28F2N2O3. The molecule has 1 amide bonds. The Labute approximate surface area is 164 Å². The van der Waals surface area contributed by atoms with Crippen molar-refractivity contribution in [2.24, 2.45) is 5.73 Å². The fraction of sp³-hybridized carbons (Fsp3) is 0.667. The summed E-state index contributed by atoms with van der Waals surface area (Å²) in [7, 11) is 0. The highest BCUT2D eigenvalue weighted by atomic mass is 19.2. The summed E-state index contributed by atoms with van der Waals surface area (Å²) in [5.41, 5.74) is 5.85. The largest absolute Gasteiger partial charge is 0.492 e. The standard InChI is InChI=1S/C21H28F2N2O3/c1-21(2,3)28-20(26)25-13-4-5-14(25)7-11(6-13)15-9-17-16(19(23)18(15)22)8-12(24)10-27-17/h9,11-14H,4-8,10,24H2,1-3H3/t11?,12-,13?,14?/m1/s1. The minimum atomic E-state index is -0.843. The Hall–Kier alpha value is -1.89. The van der Waals surface area contributed by atoms with Crippen LogP contribution in [0.2, 0.25) is 0 Å². The molecule has 3 aliphatic heterocycles. The lowest BCUT2D eigenvalue weighted by atomic mass is 9.83. The summed E-state index contributed by atoms with van der Waals surface area (Å²) in [6.45, 7) is 5.84. The Kier molecular flexibility index (Phi) is 4.76. The van der Waals surface area contributed by atoms with Crippen molar-refractivity contribution in [3.8, 4) is 5.75 Å². The van der Waals surface area contributed by atoms with E-state index in [2.05, 4.69) is 0 Å². The first-order chi connectivity index (χ1) is 13.1. The van der Waals surface area contributed by atoms with Gasteiger partial charge in [0, 0.05) is 23.7 Å². The number of hydrogen-bond donors (Lipinski definition) is 1. The van der Waals surface area contributed by atoms with Crippen LogP contribution in [0.3, 0.4) is 0 Å². The van der Waals surface area contributed by atoms with E-state index in [0.717, 1.165) is 12.8 Å². The van der Waals surface area contributed by atoms with E-state index < -0.39 is 17.2 Å². The van der Waals surface area contributed by atoms with Gasteiger partial charge in [-0.2, -0.15) is 0 Å². The smallest absolute Gasteiger partial charge is 0.410 e. The maximum Gasteiger partial charge on any atom is 0.410 e. The molecule has 5 nitrogen and oxygen atoms in total. The van der Waals surface area contributed by atoms with Gasteiger partial charge in [-0.1, -0.05) is 0 Å². The van der Waals surface area contributed by atoms with Gasteiger partial charge in [-0.05, 0) is 70.4 Å². The molecule has 0 spiro atoms. The second-order valence-corrected chi connectivity index (χ2v) is 9.29. The van der Waals surface area contributed by atoms with Crippen molar-refractivity contribution in [1.82, 2.24) is 4.90 Å². The number of carbonyl (C=O) groups is 1. The third-order valence-corrected chi connectivity index (χ3v) is 5.99. The van der Waals surface area contributed by atoms with E-state index >= 15 is 0 Å². The number of nitrogens with two attached hydrogens (primary N) is 1. The molecule has 7 heteroatoms. The molecule has 0 aromatic heterocycles. The van der Waals surface area contributed by atoms with Gasteiger partial charge in [0.2, 0.25) is 0 Å². The molecule has 1 aromatic carbocycles. The van der Waals surface area contributed by atoms with Crippen LogP contribution in [0.15, 0.2) is 6.07 Å². The summed E-state index contributed by atoms with van der Waals surface area (Å²) in [4.78, 5) is 14.4. The fourth-order valence-electron chi connectivity index (χ4n) is 4.84. The van der Waals surface area contributed by atoms with Crippen LogP contribution in [0.4, 0.5) is 13.6 Å². The quantitative estimate of drug-likeness (QED) is 0.785. The number of piperidine rings is 1. The number of amides is 1. The van der Waals surface area contributed by atoms with Crippen LogP contribution < -0.4 is 10.5 Å². The molecule has 2 fully saturated rings. The van der Waals surface area contributed by atoms with Crippen LogP contribution in [0.25, 0.3) is 0 Å². The average molecular weight is 394 g/mol. The Balaban J connectivity index is 1.57. The number of ether oxygens (including phenoxy) is 2. The third-order valence-electron chi connectivity index (χ3n) is 5.99. The van der Waals surface area contributed by atoms with Gasteiger partial charge in [0.15, 0.2) is 11.6 Å². The number of carbonyl (C=O) groups excluding carboxylic acids is 1. The third kappa shape index (κ3) is 3.45. The molecule has 28 heavy (non-hydrogen) atoms. The van der Waals surface area contributed by atoms with Crippen molar-refractivity contribution in [3.05, 3.63) is 28.8 Å². The van der Waals surface area contributed by atoms with Gasteiger partial charge >= 0.3 is 6.09 Å². The maximum atomic E-state index is 14.9. The molecule has 2 N–H and O–H groups in total. The Morgan fingerprint density at radius 3 is 2.46 bits per heavy atom. The molecule has 154 valence electrons. The molecule has 2 bridgehead atoms. The highest BCUT2D eigenvalue weighted by Gasteiger charge is 2.46. The highest BCUT2D eigenvalue weighted by molar-refractivity contribution is 5.69. The van der Waals surface area contributed by atoms with Gasteiger partial charge < -0.3 is 20.1 Å². The number of benzene rings is 1. The van der Waals surface area contributed by atoms with Crippen molar-refractivity contribution in [3.63, 3.8) is 0 Å². The summed E-state index contributed by atoms with van der Waals surface area (Å²) in [6, 6.07) is 1.31. The zero-order valence-electron chi connectivity index (χ0n) is 16.6. The van der Waals surface area contributed by atoms with E-state index in [1.54, 1.807) is 6.07 Å². The number of halogens is 2. The van der Waals surface area contributed by atoms with Crippen molar-refractivity contribution in [2.75, 3.05) is 6.61 Å². The van der Waals surface area contributed by atoms with E-state index in [-0.39, 0.29) is 42.1 Å². The first kappa shape index (κ1) is 19.4. The predicted octanol–water partition coefficient (Wildman–Crippen LogP) is 3.87. The maximum absolute atomic E-state index is 14.9. The molecule has 2 saturated heterocycles. The normalized spacial score (nSPS) is 29.3. The summed E-state index contributed by atoms with van der Waals surface area (Å²) < 4.78 is 40.7. The van der Waals surface area contributed by atoms with Gasteiger partial charge in [0.05, 0.1) is 0 Å².